The third-order valence-electron chi connectivity index (χ3n) is 11.4. The van der Waals surface area contributed by atoms with Crippen LogP contribution in [0.5, 0.6) is 0 Å². The number of hydrogen-bond acceptors (Lipinski definition) is 7. The Balaban J connectivity index is 1.20. The average molecular weight is 631 g/mol. The van der Waals surface area contributed by atoms with E-state index in [9.17, 15) is 0 Å². The summed E-state index contributed by atoms with van der Waals surface area (Å²) < 4.78 is 30.8. The molecule has 0 atom stereocenters. The first-order chi connectivity index (χ1) is 19.8. The lowest BCUT2D eigenvalue weighted by atomic mass is 9.78. The minimum Gasteiger partial charge on any atom is -0.399 e. The zero-order valence-corrected chi connectivity index (χ0v) is 29.8. The van der Waals surface area contributed by atoms with Gasteiger partial charge in [-0.05, 0) is 113 Å². The molecule has 43 heavy (non-hydrogen) atoms. The molecule has 2 saturated heterocycles. The molecule has 0 N–H and O–H groups in total. The minimum atomic E-state index is -0.350. The van der Waals surface area contributed by atoms with E-state index >= 15 is 0 Å². The van der Waals surface area contributed by atoms with Gasteiger partial charge in [0.1, 0.15) is 0 Å². The Morgan fingerprint density at radius 2 is 0.953 bits per heavy atom. The quantitative estimate of drug-likeness (QED) is 0.209. The summed E-state index contributed by atoms with van der Waals surface area (Å²) in [5, 5.41) is 0. The standard InChI is InChI=1S/C34H40B2O4S3/c1-29(2)19-14-18-20(13-17(19)26-21(29)15-23(42-26)35-37-31(5,6)32(7,8)38-35)30(3,4)25-27(18)41-22-16-24(43-28(22)25)36-39-33(9,10)34(11,12)40-36/h13-16H,1-12H3. The number of rotatable bonds is 2. The number of fused-ring (bicyclic) bond motifs is 8. The molecule has 224 valence electrons. The van der Waals surface area contributed by atoms with Crippen LogP contribution in [0.1, 0.15) is 105 Å². The summed E-state index contributed by atoms with van der Waals surface area (Å²) in [6.45, 7) is 26.5. The van der Waals surface area contributed by atoms with E-state index in [0.717, 1.165) is 9.55 Å². The fourth-order valence-electron chi connectivity index (χ4n) is 7.18. The van der Waals surface area contributed by atoms with Gasteiger partial charge >= 0.3 is 14.2 Å². The summed E-state index contributed by atoms with van der Waals surface area (Å²) in [4.78, 5) is 2.79. The van der Waals surface area contributed by atoms with Crippen LogP contribution < -0.4 is 9.55 Å². The van der Waals surface area contributed by atoms with E-state index in [0.29, 0.717) is 0 Å². The summed E-state index contributed by atoms with van der Waals surface area (Å²) in [5.41, 5.74) is 6.88. The van der Waals surface area contributed by atoms with Crippen molar-refractivity contribution >= 4 is 67.2 Å². The maximum Gasteiger partial charge on any atom is 0.505 e. The molecule has 3 aromatic heterocycles. The van der Waals surface area contributed by atoms with Crippen LogP contribution in [0.4, 0.5) is 0 Å². The van der Waals surface area contributed by atoms with Gasteiger partial charge in [0.05, 0.1) is 22.4 Å². The summed E-state index contributed by atoms with van der Waals surface area (Å²) in [7, 11) is -0.653. The Labute approximate surface area is 268 Å². The highest BCUT2D eigenvalue weighted by atomic mass is 32.1. The minimum absolute atomic E-state index is 0.0937. The molecule has 4 aliphatic rings. The molecule has 0 bridgehead atoms. The van der Waals surface area contributed by atoms with Crippen LogP contribution in [0, 0.1) is 0 Å². The van der Waals surface area contributed by atoms with Crippen LogP contribution in [-0.2, 0) is 29.4 Å². The maximum atomic E-state index is 6.46. The zero-order chi connectivity index (χ0) is 30.9. The molecule has 8 rings (SSSR count). The first-order valence-electron chi connectivity index (χ1n) is 15.4. The molecule has 4 aromatic rings. The van der Waals surface area contributed by atoms with E-state index in [1.54, 1.807) is 0 Å². The van der Waals surface area contributed by atoms with Crippen molar-refractivity contribution in [2.75, 3.05) is 0 Å². The molecule has 2 fully saturated rings. The second-order valence-corrected chi connectivity index (χ2v) is 19.1. The van der Waals surface area contributed by atoms with Crippen molar-refractivity contribution in [3.63, 3.8) is 0 Å². The van der Waals surface area contributed by atoms with Crippen molar-refractivity contribution in [2.45, 2.75) is 116 Å². The predicted octanol–water partition coefficient (Wildman–Crippen LogP) is 8.24. The molecule has 0 spiro atoms. The van der Waals surface area contributed by atoms with Crippen LogP contribution in [0.2, 0.25) is 0 Å². The van der Waals surface area contributed by atoms with E-state index < -0.39 is 0 Å². The predicted molar refractivity (Wildman–Crippen MR) is 184 cm³/mol. The molecule has 5 heterocycles. The molecule has 2 aliphatic heterocycles. The molecule has 2 aliphatic carbocycles. The maximum absolute atomic E-state index is 6.46. The molecule has 4 nitrogen and oxygen atoms in total. The van der Waals surface area contributed by atoms with Gasteiger partial charge in [0, 0.05) is 39.5 Å². The SMILES string of the molecule is CC1(C)c2cc3c(cc2-c2sc(B4OC(C)(C)C(C)(C)O4)cc21)C(C)(C)c1c-3sc2cc(B3OC(C)(C)C(C)(C)O3)sc12. The molecule has 1 aromatic carbocycles. The monoisotopic (exact) mass is 630 g/mol. The van der Waals surface area contributed by atoms with Gasteiger partial charge in [-0.1, -0.05) is 27.7 Å². The normalized spacial score (nSPS) is 24.5. The van der Waals surface area contributed by atoms with Crippen molar-refractivity contribution in [1.29, 1.82) is 0 Å². The topological polar surface area (TPSA) is 36.9 Å². The lowest BCUT2D eigenvalue weighted by molar-refractivity contribution is 0.00578. The van der Waals surface area contributed by atoms with E-state index in [4.69, 9.17) is 18.6 Å². The van der Waals surface area contributed by atoms with Crippen molar-refractivity contribution in [3.8, 4) is 20.9 Å². The summed E-state index contributed by atoms with van der Waals surface area (Å²) >= 11 is 5.62. The van der Waals surface area contributed by atoms with Crippen LogP contribution >= 0.6 is 34.0 Å². The summed E-state index contributed by atoms with van der Waals surface area (Å²) in [6, 6.07) is 9.67. The average Bonchev–Trinajstić information content (AvgIpc) is 3.68. The van der Waals surface area contributed by atoms with Crippen molar-refractivity contribution in [2.24, 2.45) is 0 Å². The van der Waals surface area contributed by atoms with Gasteiger partial charge in [-0.25, -0.2) is 0 Å². The molecule has 0 radical (unpaired) electrons. The Morgan fingerprint density at radius 3 is 1.49 bits per heavy atom. The first-order valence-corrected chi connectivity index (χ1v) is 17.8. The lowest BCUT2D eigenvalue weighted by Crippen LogP contribution is -2.41. The highest BCUT2D eigenvalue weighted by molar-refractivity contribution is 7.34. The molecule has 9 heteroatoms. The second-order valence-electron chi connectivity index (χ2n) is 15.9. The highest BCUT2D eigenvalue weighted by Gasteiger charge is 2.54. The third-order valence-corrected chi connectivity index (χ3v) is 15.1. The Kier molecular flexibility index (Phi) is 5.58. The van der Waals surface area contributed by atoms with Gasteiger partial charge in [-0.3, -0.25) is 0 Å². The van der Waals surface area contributed by atoms with Crippen molar-refractivity contribution in [1.82, 2.24) is 0 Å². The Hall–Kier alpha value is -1.45. The van der Waals surface area contributed by atoms with Crippen LogP contribution in [-0.4, -0.2) is 36.6 Å². The highest BCUT2D eigenvalue weighted by Crippen LogP contribution is 2.60. The second kappa shape index (κ2) is 8.28. The smallest absolute Gasteiger partial charge is 0.399 e. The van der Waals surface area contributed by atoms with Crippen LogP contribution in [0.25, 0.3) is 30.3 Å². The van der Waals surface area contributed by atoms with Gasteiger partial charge in [-0.15, -0.1) is 34.0 Å². The molecule has 0 saturated carbocycles. The van der Waals surface area contributed by atoms with Crippen LogP contribution in [0.3, 0.4) is 0 Å². The number of thiophene rings is 3. The first kappa shape index (κ1) is 29.0. The van der Waals surface area contributed by atoms with Gasteiger partial charge in [0.15, 0.2) is 0 Å². The molecular weight excluding hydrogens is 590 g/mol. The van der Waals surface area contributed by atoms with Gasteiger partial charge in [0.2, 0.25) is 0 Å². The zero-order valence-electron chi connectivity index (χ0n) is 27.3. The van der Waals surface area contributed by atoms with Crippen LogP contribution in [0.15, 0.2) is 24.3 Å². The van der Waals surface area contributed by atoms with Crippen molar-refractivity contribution in [3.05, 3.63) is 46.5 Å². The molecule has 0 amide bonds. The third kappa shape index (κ3) is 3.65. The fraction of sp³-hybridized carbons (Fsp3) is 0.529. The van der Waals surface area contributed by atoms with E-state index in [1.807, 2.05) is 34.0 Å². The Morgan fingerprint density at radius 1 is 0.488 bits per heavy atom. The van der Waals surface area contributed by atoms with E-state index in [-0.39, 0.29) is 47.5 Å². The number of hydrogen-bond donors (Lipinski definition) is 0. The van der Waals surface area contributed by atoms with Crippen molar-refractivity contribution < 1.29 is 18.6 Å². The van der Waals surface area contributed by atoms with E-state index in [1.165, 1.54) is 52.5 Å². The van der Waals surface area contributed by atoms with E-state index in [2.05, 4.69) is 107 Å². The lowest BCUT2D eigenvalue weighted by Gasteiger charge is -2.32. The van der Waals surface area contributed by atoms with Gasteiger partial charge < -0.3 is 18.6 Å². The summed E-state index contributed by atoms with van der Waals surface area (Å²) in [6.07, 6.45) is 0. The number of benzene rings is 1. The van der Waals surface area contributed by atoms with Gasteiger partial charge in [0.25, 0.3) is 0 Å². The Bertz CT molecular complexity index is 1840. The molecular formula is C34H40B2O4S3. The fourth-order valence-corrected chi connectivity index (χ4v) is 11.4. The molecule has 0 unspecified atom stereocenters. The summed E-state index contributed by atoms with van der Waals surface area (Å²) in [5.74, 6) is 0. The van der Waals surface area contributed by atoms with Gasteiger partial charge in [-0.2, -0.15) is 0 Å². The largest absolute Gasteiger partial charge is 0.505 e.